The molecule has 7 rings (SSSR count). The van der Waals surface area contributed by atoms with Crippen LogP contribution in [-0.2, 0) is 6.42 Å². The summed E-state index contributed by atoms with van der Waals surface area (Å²) in [7, 11) is 0. The summed E-state index contributed by atoms with van der Waals surface area (Å²) in [6, 6.07) is 20.1. The number of hydrogen-bond donors (Lipinski definition) is 2. The molecule has 0 saturated carbocycles. The highest BCUT2D eigenvalue weighted by Crippen LogP contribution is 2.33. The van der Waals surface area contributed by atoms with Crippen molar-refractivity contribution < 1.29 is 5.11 Å². The lowest BCUT2D eigenvalue weighted by atomic mass is 9.95. The molecule has 3 aliphatic heterocycles. The van der Waals surface area contributed by atoms with Crippen molar-refractivity contribution in [3.05, 3.63) is 84.2 Å². The van der Waals surface area contributed by atoms with E-state index in [0.29, 0.717) is 12.1 Å². The maximum absolute atomic E-state index is 11.1. The first-order valence-electron chi connectivity index (χ1n) is 12.9. The number of H-pyrrole nitrogens is 1. The lowest BCUT2D eigenvalue weighted by Crippen LogP contribution is -2.60. The first-order valence-corrected chi connectivity index (χ1v) is 12.9. The van der Waals surface area contributed by atoms with Crippen molar-refractivity contribution >= 4 is 27.5 Å². The molecule has 0 radical (unpaired) electrons. The van der Waals surface area contributed by atoms with E-state index in [2.05, 4.69) is 87.4 Å². The van der Waals surface area contributed by atoms with E-state index in [1.54, 1.807) is 0 Å². The molecule has 2 aromatic carbocycles. The fraction of sp³-hybridized carbons (Fsp3) is 0.367. The van der Waals surface area contributed by atoms with Crippen LogP contribution in [0.5, 0.6) is 0 Å². The molecule has 0 spiro atoms. The first-order chi connectivity index (χ1) is 17.2. The number of fused-ring (bicyclic) bond motifs is 6. The van der Waals surface area contributed by atoms with Crippen molar-refractivity contribution in [3.63, 3.8) is 0 Å². The normalized spacial score (nSPS) is 21.5. The molecular weight excluding hydrogens is 432 g/mol. The van der Waals surface area contributed by atoms with Crippen LogP contribution in [0.4, 0.5) is 5.69 Å². The van der Waals surface area contributed by atoms with Gasteiger partial charge in [-0.1, -0.05) is 30.4 Å². The molecule has 3 unspecified atom stereocenters. The Labute approximate surface area is 207 Å². The second-order valence-electron chi connectivity index (χ2n) is 10.2. The van der Waals surface area contributed by atoms with E-state index in [-0.39, 0.29) is 6.10 Å². The highest BCUT2D eigenvalue weighted by Gasteiger charge is 2.35. The molecule has 2 bridgehead atoms. The number of aryl methyl sites for hydroxylation is 2. The number of aromatic nitrogens is 2. The number of anilines is 1. The minimum atomic E-state index is -0.329. The summed E-state index contributed by atoms with van der Waals surface area (Å²) >= 11 is 0. The molecule has 5 heteroatoms. The van der Waals surface area contributed by atoms with Gasteiger partial charge in [0.2, 0.25) is 0 Å². The number of aliphatic hydroxyl groups is 1. The number of hydrogen-bond acceptors (Lipinski definition) is 4. The largest absolute Gasteiger partial charge is 0.392 e. The van der Waals surface area contributed by atoms with E-state index >= 15 is 0 Å². The van der Waals surface area contributed by atoms with Crippen LogP contribution in [-0.4, -0.2) is 57.8 Å². The van der Waals surface area contributed by atoms with Crippen molar-refractivity contribution in [1.82, 2.24) is 14.9 Å². The summed E-state index contributed by atoms with van der Waals surface area (Å²) in [5.41, 5.74) is 6.03. The number of benzene rings is 2. The second-order valence-corrected chi connectivity index (χ2v) is 10.2. The molecule has 0 amide bonds. The van der Waals surface area contributed by atoms with E-state index in [4.69, 9.17) is 0 Å². The van der Waals surface area contributed by atoms with Gasteiger partial charge in [-0.25, -0.2) is 0 Å². The third-order valence-corrected chi connectivity index (χ3v) is 7.81. The molecule has 3 aliphatic rings. The number of pyridine rings is 1. The second kappa shape index (κ2) is 9.48. The molecule has 180 valence electrons. The standard InChI is InChI=1S/C30H34N4O/c1-21-17-27-22(7-4-12-29(27)32-21)14-15-25(35)20-33-18-24-9-3-2-8-23(33)19-34(24)30-13-5-11-28-26(30)10-6-16-31-28/h2-7,10-13,16-17,23-25,32,35H,8-9,14-15,18-20H2,1H3. The number of rotatable bonds is 6. The molecule has 1 saturated heterocycles. The summed E-state index contributed by atoms with van der Waals surface area (Å²) in [4.78, 5) is 13.1. The van der Waals surface area contributed by atoms with Crippen molar-refractivity contribution in [1.29, 1.82) is 0 Å². The Bertz CT molecular complexity index is 1350. The summed E-state index contributed by atoms with van der Waals surface area (Å²) < 4.78 is 0. The zero-order valence-electron chi connectivity index (χ0n) is 20.4. The van der Waals surface area contributed by atoms with E-state index in [1.807, 2.05) is 12.3 Å². The van der Waals surface area contributed by atoms with Gasteiger partial charge in [0.15, 0.2) is 0 Å². The SMILES string of the molecule is Cc1cc2c(CCC(O)CN3CC4CC=CCC3CN4c3cccc4ncccc34)cccc2[nH]1. The third-order valence-electron chi connectivity index (χ3n) is 7.81. The molecule has 2 N–H and O–H groups in total. The molecule has 35 heavy (non-hydrogen) atoms. The quantitative estimate of drug-likeness (QED) is 0.382. The predicted molar refractivity (Wildman–Crippen MR) is 144 cm³/mol. The summed E-state index contributed by atoms with van der Waals surface area (Å²) in [5, 5.41) is 13.6. The third kappa shape index (κ3) is 4.46. The Hall–Kier alpha value is -3.15. The monoisotopic (exact) mass is 466 g/mol. The summed E-state index contributed by atoms with van der Waals surface area (Å²) in [5.74, 6) is 0. The smallest absolute Gasteiger partial charge is 0.0722 e. The zero-order chi connectivity index (χ0) is 23.8. The fourth-order valence-corrected chi connectivity index (χ4v) is 6.06. The molecule has 1 fully saturated rings. The Morgan fingerprint density at radius 1 is 1.00 bits per heavy atom. The minimum absolute atomic E-state index is 0.329. The molecular formula is C30H34N4O. The van der Waals surface area contributed by atoms with Gasteiger partial charge in [0.05, 0.1) is 11.6 Å². The summed E-state index contributed by atoms with van der Waals surface area (Å²) in [6.45, 7) is 4.80. The lowest BCUT2D eigenvalue weighted by molar-refractivity contribution is 0.0641. The highest BCUT2D eigenvalue weighted by atomic mass is 16.3. The molecule has 5 nitrogen and oxygen atoms in total. The number of aromatic amines is 1. The van der Waals surface area contributed by atoms with E-state index in [1.165, 1.54) is 33.2 Å². The van der Waals surface area contributed by atoms with Gasteiger partial charge >= 0.3 is 0 Å². The molecule has 0 aliphatic carbocycles. The van der Waals surface area contributed by atoms with Crippen molar-refractivity contribution in [2.45, 2.75) is 50.8 Å². The number of nitrogens with zero attached hydrogens (tertiary/aromatic N) is 3. The lowest BCUT2D eigenvalue weighted by Gasteiger charge is -2.49. The van der Waals surface area contributed by atoms with Gasteiger partial charge in [0, 0.05) is 65.6 Å². The van der Waals surface area contributed by atoms with Crippen molar-refractivity contribution in [2.75, 3.05) is 24.5 Å². The van der Waals surface area contributed by atoms with Crippen LogP contribution in [0.15, 0.2) is 72.9 Å². The van der Waals surface area contributed by atoms with Crippen LogP contribution in [0.3, 0.4) is 0 Å². The van der Waals surface area contributed by atoms with E-state index in [9.17, 15) is 5.11 Å². The van der Waals surface area contributed by atoms with Gasteiger partial charge in [-0.05, 0) is 74.6 Å². The molecule has 4 aromatic rings. The molecule has 3 atom stereocenters. The number of nitrogens with one attached hydrogen (secondary N) is 1. The van der Waals surface area contributed by atoms with Crippen LogP contribution in [0.2, 0.25) is 0 Å². The van der Waals surface area contributed by atoms with E-state index < -0.39 is 0 Å². The predicted octanol–water partition coefficient (Wildman–Crippen LogP) is 5.23. The van der Waals surface area contributed by atoms with Gasteiger partial charge in [0.25, 0.3) is 0 Å². The fourth-order valence-electron chi connectivity index (χ4n) is 6.06. The Morgan fingerprint density at radius 3 is 2.77 bits per heavy atom. The Morgan fingerprint density at radius 2 is 1.86 bits per heavy atom. The van der Waals surface area contributed by atoms with Gasteiger partial charge in [-0.15, -0.1) is 0 Å². The van der Waals surface area contributed by atoms with Gasteiger partial charge in [0.1, 0.15) is 0 Å². The van der Waals surface area contributed by atoms with Crippen molar-refractivity contribution in [2.24, 2.45) is 0 Å². The van der Waals surface area contributed by atoms with Crippen LogP contribution in [0, 0.1) is 6.92 Å². The average molecular weight is 467 g/mol. The minimum Gasteiger partial charge on any atom is -0.392 e. The van der Waals surface area contributed by atoms with Crippen LogP contribution in [0.1, 0.15) is 30.5 Å². The first kappa shape index (κ1) is 22.3. The van der Waals surface area contributed by atoms with Crippen LogP contribution < -0.4 is 4.90 Å². The van der Waals surface area contributed by atoms with Gasteiger partial charge < -0.3 is 15.0 Å². The molecule has 2 aromatic heterocycles. The highest BCUT2D eigenvalue weighted by molar-refractivity contribution is 5.92. The van der Waals surface area contributed by atoms with Crippen LogP contribution in [0.25, 0.3) is 21.8 Å². The van der Waals surface area contributed by atoms with Gasteiger partial charge in [-0.2, -0.15) is 0 Å². The number of piperazine rings is 1. The Balaban J connectivity index is 1.16. The van der Waals surface area contributed by atoms with Gasteiger partial charge in [-0.3, -0.25) is 9.88 Å². The van der Waals surface area contributed by atoms with E-state index in [0.717, 1.165) is 50.8 Å². The maximum Gasteiger partial charge on any atom is 0.0722 e. The maximum atomic E-state index is 11.1. The summed E-state index contributed by atoms with van der Waals surface area (Å²) in [6.07, 6.45) is 9.97. The average Bonchev–Trinajstić information content (AvgIpc) is 3.24. The topological polar surface area (TPSA) is 55.4 Å². The van der Waals surface area contributed by atoms with Crippen LogP contribution >= 0.6 is 0 Å². The Kier molecular flexibility index (Phi) is 6.05. The zero-order valence-corrected chi connectivity index (χ0v) is 20.4. The molecule has 5 heterocycles. The van der Waals surface area contributed by atoms with Crippen molar-refractivity contribution in [3.8, 4) is 0 Å². The number of aliphatic hydroxyl groups excluding tert-OH is 1.